The van der Waals surface area contributed by atoms with Crippen molar-refractivity contribution in [2.24, 2.45) is 0 Å². The van der Waals surface area contributed by atoms with Crippen molar-refractivity contribution >= 4 is 11.3 Å². The number of hydrogen-bond donors (Lipinski definition) is 1. The highest BCUT2D eigenvalue weighted by atomic mass is 32.1. The van der Waals surface area contributed by atoms with Gasteiger partial charge in [-0.25, -0.2) is 4.98 Å². The fourth-order valence-corrected chi connectivity index (χ4v) is 2.44. The fourth-order valence-electron chi connectivity index (χ4n) is 1.49. The molecule has 4 heteroatoms. The summed E-state index contributed by atoms with van der Waals surface area (Å²) in [7, 11) is 0. The zero-order valence-electron chi connectivity index (χ0n) is 8.68. The number of aliphatic hydroxyl groups excluding tert-OH is 1. The van der Waals surface area contributed by atoms with Crippen molar-refractivity contribution < 1.29 is 5.11 Å². The third kappa shape index (κ3) is 2.27. The number of aliphatic hydroxyl groups is 1. The summed E-state index contributed by atoms with van der Waals surface area (Å²) < 4.78 is 1.98. The standard InChI is InChI=1S/C11H14N2OS/c1-2-10-3-4-11(15-10)6-13-8-12-5-9(13)7-14/h3-5,8,14H,2,6-7H2,1H3. The Bertz CT molecular complexity index is 433. The third-order valence-corrected chi connectivity index (χ3v) is 3.57. The smallest absolute Gasteiger partial charge is 0.0952 e. The lowest BCUT2D eigenvalue weighted by molar-refractivity contribution is 0.271. The largest absolute Gasteiger partial charge is 0.390 e. The molecule has 0 unspecified atom stereocenters. The van der Waals surface area contributed by atoms with E-state index in [2.05, 4.69) is 24.0 Å². The predicted molar refractivity (Wildman–Crippen MR) is 60.9 cm³/mol. The van der Waals surface area contributed by atoms with Crippen LogP contribution in [-0.4, -0.2) is 14.7 Å². The highest BCUT2D eigenvalue weighted by Crippen LogP contribution is 2.18. The molecule has 0 saturated carbocycles. The average Bonchev–Trinajstić information content (AvgIpc) is 2.87. The van der Waals surface area contributed by atoms with Crippen molar-refractivity contribution in [3.63, 3.8) is 0 Å². The molecule has 0 aromatic carbocycles. The van der Waals surface area contributed by atoms with Crippen LogP contribution in [0.4, 0.5) is 0 Å². The predicted octanol–water partition coefficient (Wildman–Crippen LogP) is 2.05. The first-order valence-electron chi connectivity index (χ1n) is 5.01. The Balaban J connectivity index is 2.14. The van der Waals surface area contributed by atoms with Crippen molar-refractivity contribution in [2.75, 3.05) is 0 Å². The molecule has 15 heavy (non-hydrogen) atoms. The summed E-state index contributed by atoms with van der Waals surface area (Å²) in [4.78, 5) is 6.73. The van der Waals surface area contributed by atoms with E-state index in [0.29, 0.717) is 0 Å². The summed E-state index contributed by atoms with van der Waals surface area (Å²) in [5, 5.41) is 9.08. The van der Waals surface area contributed by atoms with Gasteiger partial charge in [0.1, 0.15) is 0 Å². The molecule has 2 heterocycles. The van der Waals surface area contributed by atoms with Gasteiger partial charge >= 0.3 is 0 Å². The Kier molecular flexibility index (Phi) is 3.18. The molecule has 0 aliphatic heterocycles. The van der Waals surface area contributed by atoms with Crippen LogP contribution < -0.4 is 0 Å². The van der Waals surface area contributed by atoms with Gasteiger partial charge < -0.3 is 9.67 Å². The summed E-state index contributed by atoms with van der Waals surface area (Å²) in [5.74, 6) is 0. The molecule has 1 N–H and O–H groups in total. The van der Waals surface area contributed by atoms with Crippen LogP contribution in [-0.2, 0) is 19.6 Å². The number of hydrogen-bond acceptors (Lipinski definition) is 3. The van der Waals surface area contributed by atoms with Gasteiger partial charge in [-0.3, -0.25) is 0 Å². The van der Waals surface area contributed by atoms with Crippen molar-refractivity contribution in [2.45, 2.75) is 26.5 Å². The highest BCUT2D eigenvalue weighted by Gasteiger charge is 2.03. The highest BCUT2D eigenvalue weighted by molar-refractivity contribution is 7.11. The first kappa shape index (κ1) is 10.4. The minimum atomic E-state index is 0.0476. The van der Waals surface area contributed by atoms with Gasteiger partial charge in [0, 0.05) is 9.75 Å². The normalized spacial score (nSPS) is 10.8. The summed E-state index contributed by atoms with van der Waals surface area (Å²) in [5.41, 5.74) is 0.862. The first-order valence-corrected chi connectivity index (χ1v) is 5.82. The number of nitrogens with zero attached hydrogens (tertiary/aromatic N) is 2. The Labute approximate surface area is 93.0 Å². The van der Waals surface area contributed by atoms with E-state index in [1.807, 2.05) is 15.9 Å². The van der Waals surface area contributed by atoms with E-state index in [9.17, 15) is 0 Å². The van der Waals surface area contributed by atoms with Gasteiger partial charge in [0.25, 0.3) is 0 Å². The molecule has 80 valence electrons. The van der Waals surface area contributed by atoms with Crippen LogP contribution in [0.5, 0.6) is 0 Å². The van der Waals surface area contributed by atoms with Crippen LogP contribution in [0.15, 0.2) is 24.7 Å². The Morgan fingerprint density at radius 2 is 2.20 bits per heavy atom. The van der Waals surface area contributed by atoms with Crippen LogP contribution in [0.25, 0.3) is 0 Å². The monoisotopic (exact) mass is 222 g/mol. The molecule has 3 nitrogen and oxygen atoms in total. The molecule has 2 rings (SSSR count). The molecule has 2 aromatic heterocycles. The van der Waals surface area contributed by atoms with Crippen LogP contribution >= 0.6 is 11.3 Å². The number of aromatic nitrogens is 2. The third-order valence-electron chi connectivity index (χ3n) is 2.35. The molecule has 0 spiro atoms. The lowest BCUT2D eigenvalue weighted by atomic mass is 10.3. The van der Waals surface area contributed by atoms with Crippen molar-refractivity contribution in [1.29, 1.82) is 0 Å². The maximum atomic E-state index is 9.08. The average molecular weight is 222 g/mol. The van der Waals surface area contributed by atoms with E-state index in [4.69, 9.17) is 5.11 Å². The van der Waals surface area contributed by atoms with E-state index >= 15 is 0 Å². The van der Waals surface area contributed by atoms with Gasteiger partial charge in [0.15, 0.2) is 0 Å². The molecule has 0 amide bonds. The zero-order chi connectivity index (χ0) is 10.7. The lowest BCUT2D eigenvalue weighted by Gasteiger charge is -2.03. The number of rotatable bonds is 4. The molecule has 2 aromatic rings. The second kappa shape index (κ2) is 4.59. The Morgan fingerprint density at radius 1 is 1.40 bits per heavy atom. The van der Waals surface area contributed by atoms with Gasteiger partial charge in [0.05, 0.1) is 31.4 Å². The van der Waals surface area contributed by atoms with Gasteiger partial charge in [0.2, 0.25) is 0 Å². The van der Waals surface area contributed by atoms with Crippen LogP contribution in [0.3, 0.4) is 0 Å². The van der Waals surface area contributed by atoms with Gasteiger partial charge in [-0.15, -0.1) is 11.3 Å². The van der Waals surface area contributed by atoms with Gasteiger partial charge in [-0.1, -0.05) is 6.92 Å². The van der Waals surface area contributed by atoms with Crippen molar-refractivity contribution in [3.8, 4) is 0 Å². The Hall–Kier alpha value is -1.13. The summed E-state index contributed by atoms with van der Waals surface area (Å²) in [6.45, 7) is 3.01. The maximum absolute atomic E-state index is 9.08. The molecule has 0 atom stereocenters. The van der Waals surface area contributed by atoms with Crippen molar-refractivity contribution in [1.82, 2.24) is 9.55 Å². The molecular formula is C11H14N2OS. The Morgan fingerprint density at radius 3 is 2.87 bits per heavy atom. The zero-order valence-corrected chi connectivity index (χ0v) is 9.50. The molecule has 0 fully saturated rings. The van der Waals surface area contributed by atoms with Crippen LogP contribution in [0, 0.1) is 0 Å². The summed E-state index contributed by atoms with van der Waals surface area (Å²) >= 11 is 1.82. The second-order valence-electron chi connectivity index (χ2n) is 3.39. The summed E-state index contributed by atoms with van der Waals surface area (Å²) in [6.07, 6.45) is 4.55. The van der Waals surface area contributed by atoms with E-state index in [-0.39, 0.29) is 6.61 Å². The lowest BCUT2D eigenvalue weighted by Crippen LogP contribution is -2.01. The quantitative estimate of drug-likeness (QED) is 0.859. The first-order chi connectivity index (χ1) is 7.33. The fraction of sp³-hybridized carbons (Fsp3) is 0.364. The van der Waals surface area contributed by atoms with Gasteiger partial charge in [-0.05, 0) is 18.6 Å². The van der Waals surface area contributed by atoms with Crippen molar-refractivity contribution in [3.05, 3.63) is 40.1 Å². The van der Waals surface area contributed by atoms with E-state index in [1.165, 1.54) is 9.75 Å². The molecule has 0 saturated heterocycles. The topological polar surface area (TPSA) is 38.0 Å². The molecule has 0 aliphatic carbocycles. The molecular weight excluding hydrogens is 208 g/mol. The summed E-state index contributed by atoms with van der Waals surface area (Å²) in [6, 6.07) is 4.31. The van der Waals surface area contributed by atoms with E-state index in [1.54, 1.807) is 12.5 Å². The second-order valence-corrected chi connectivity index (χ2v) is 4.65. The van der Waals surface area contributed by atoms with E-state index in [0.717, 1.165) is 18.7 Å². The molecule has 0 aliphatic rings. The molecule has 0 radical (unpaired) electrons. The minimum Gasteiger partial charge on any atom is -0.390 e. The van der Waals surface area contributed by atoms with Crippen LogP contribution in [0.2, 0.25) is 0 Å². The maximum Gasteiger partial charge on any atom is 0.0952 e. The number of imidazole rings is 1. The number of thiophene rings is 1. The number of aryl methyl sites for hydroxylation is 1. The molecule has 0 bridgehead atoms. The SMILES string of the molecule is CCc1ccc(Cn2cncc2CO)s1. The van der Waals surface area contributed by atoms with Crippen LogP contribution in [0.1, 0.15) is 22.4 Å². The van der Waals surface area contributed by atoms with Gasteiger partial charge in [-0.2, -0.15) is 0 Å². The minimum absolute atomic E-state index is 0.0476. The van der Waals surface area contributed by atoms with E-state index < -0.39 is 0 Å².